The van der Waals surface area contributed by atoms with Crippen molar-refractivity contribution in [3.63, 3.8) is 0 Å². The number of hydrogen-bond donors (Lipinski definition) is 1. The molecule has 2 aromatic carbocycles. The SMILES string of the molecule is C[C@@H]1CCCN(c2ccc(CNC(=O)Cc3ccccc3F)cc2)C1. The van der Waals surface area contributed by atoms with Crippen molar-refractivity contribution in [1.82, 2.24) is 5.32 Å². The molecule has 0 radical (unpaired) electrons. The molecule has 4 heteroatoms. The summed E-state index contributed by atoms with van der Waals surface area (Å²) in [6.07, 6.45) is 2.62. The van der Waals surface area contributed by atoms with E-state index in [0.29, 0.717) is 12.1 Å². The van der Waals surface area contributed by atoms with Gasteiger partial charge in [0.25, 0.3) is 0 Å². The van der Waals surface area contributed by atoms with Gasteiger partial charge in [0.2, 0.25) is 5.91 Å². The molecule has 0 spiro atoms. The molecule has 1 heterocycles. The molecule has 1 atom stereocenters. The Balaban J connectivity index is 1.51. The number of hydrogen-bond acceptors (Lipinski definition) is 2. The topological polar surface area (TPSA) is 32.3 Å². The molecular formula is C21H25FN2O. The molecule has 3 nitrogen and oxygen atoms in total. The fourth-order valence-electron chi connectivity index (χ4n) is 3.33. The lowest BCUT2D eigenvalue weighted by Crippen LogP contribution is -2.34. The standard InChI is InChI=1S/C21H25FN2O/c1-16-5-4-12-24(15-16)19-10-8-17(9-11-19)14-23-21(25)13-18-6-2-3-7-20(18)22/h2-3,6-11,16H,4-5,12-15H2,1H3,(H,23,25)/t16-/m1/s1. The van der Waals surface area contributed by atoms with Crippen LogP contribution in [0.5, 0.6) is 0 Å². The molecule has 1 amide bonds. The number of carbonyl (C=O) groups is 1. The first-order chi connectivity index (χ1) is 12.1. The number of nitrogens with one attached hydrogen (secondary N) is 1. The second-order valence-corrected chi connectivity index (χ2v) is 6.90. The van der Waals surface area contributed by atoms with Gasteiger partial charge in [0.15, 0.2) is 0 Å². The van der Waals surface area contributed by atoms with Crippen LogP contribution in [0.3, 0.4) is 0 Å². The Morgan fingerprint density at radius 3 is 2.68 bits per heavy atom. The van der Waals surface area contributed by atoms with E-state index >= 15 is 0 Å². The lowest BCUT2D eigenvalue weighted by atomic mass is 9.99. The van der Waals surface area contributed by atoms with E-state index in [9.17, 15) is 9.18 Å². The summed E-state index contributed by atoms with van der Waals surface area (Å²) in [6, 6.07) is 14.7. The molecule has 0 saturated carbocycles. The van der Waals surface area contributed by atoms with Gasteiger partial charge in [-0.25, -0.2) is 4.39 Å². The average Bonchev–Trinajstić information content (AvgIpc) is 2.62. The van der Waals surface area contributed by atoms with Crippen molar-refractivity contribution in [2.45, 2.75) is 32.7 Å². The molecule has 0 unspecified atom stereocenters. The molecule has 1 N–H and O–H groups in total. The third kappa shape index (κ3) is 4.81. The quantitative estimate of drug-likeness (QED) is 0.895. The average molecular weight is 340 g/mol. The Bertz CT molecular complexity index is 714. The fraction of sp³-hybridized carbons (Fsp3) is 0.381. The van der Waals surface area contributed by atoms with Gasteiger partial charge in [-0.05, 0) is 48.1 Å². The summed E-state index contributed by atoms with van der Waals surface area (Å²) in [7, 11) is 0. The number of nitrogens with zero attached hydrogens (tertiary/aromatic N) is 1. The molecule has 1 aliphatic rings. The Hall–Kier alpha value is -2.36. The van der Waals surface area contributed by atoms with Crippen molar-refractivity contribution in [3.8, 4) is 0 Å². The first-order valence-electron chi connectivity index (χ1n) is 8.96. The summed E-state index contributed by atoms with van der Waals surface area (Å²) in [5.41, 5.74) is 2.72. The van der Waals surface area contributed by atoms with E-state index in [2.05, 4.69) is 41.4 Å². The number of anilines is 1. The highest BCUT2D eigenvalue weighted by atomic mass is 19.1. The number of piperidine rings is 1. The van der Waals surface area contributed by atoms with E-state index in [1.807, 2.05) is 0 Å². The molecule has 132 valence electrons. The first-order valence-corrected chi connectivity index (χ1v) is 8.96. The van der Waals surface area contributed by atoms with Crippen LogP contribution in [0.25, 0.3) is 0 Å². The lowest BCUT2D eigenvalue weighted by Gasteiger charge is -2.32. The Morgan fingerprint density at radius 1 is 1.20 bits per heavy atom. The van der Waals surface area contributed by atoms with Crippen molar-refractivity contribution in [2.24, 2.45) is 5.92 Å². The monoisotopic (exact) mass is 340 g/mol. The lowest BCUT2D eigenvalue weighted by molar-refractivity contribution is -0.120. The van der Waals surface area contributed by atoms with E-state index in [1.54, 1.807) is 18.2 Å². The molecule has 1 fully saturated rings. The maximum absolute atomic E-state index is 13.6. The summed E-state index contributed by atoms with van der Waals surface area (Å²) in [6.45, 7) is 4.98. The van der Waals surface area contributed by atoms with Crippen LogP contribution in [-0.2, 0) is 17.8 Å². The first kappa shape index (κ1) is 17.5. The van der Waals surface area contributed by atoms with Gasteiger partial charge in [-0.1, -0.05) is 37.3 Å². The van der Waals surface area contributed by atoms with Gasteiger partial charge in [-0.3, -0.25) is 4.79 Å². The van der Waals surface area contributed by atoms with Crippen molar-refractivity contribution >= 4 is 11.6 Å². The molecule has 2 aromatic rings. The maximum Gasteiger partial charge on any atom is 0.224 e. The van der Waals surface area contributed by atoms with Crippen LogP contribution in [0.1, 0.15) is 30.9 Å². The largest absolute Gasteiger partial charge is 0.371 e. The third-order valence-electron chi connectivity index (χ3n) is 4.76. The number of amides is 1. The second kappa shape index (κ2) is 8.15. The van der Waals surface area contributed by atoms with Crippen LogP contribution in [-0.4, -0.2) is 19.0 Å². The summed E-state index contributed by atoms with van der Waals surface area (Å²) in [5, 5.41) is 2.86. The van der Waals surface area contributed by atoms with Crippen molar-refractivity contribution in [1.29, 1.82) is 0 Å². The molecule has 0 bridgehead atoms. The smallest absolute Gasteiger partial charge is 0.224 e. The van der Waals surface area contributed by atoms with E-state index in [4.69, 9.17) is 0 Å². The Kier molecular flexibility index (Phi) is 5.69. The molecule has 0 aliphatic carbocycles. The third-order valence-corrected chi connectivity index (χ3v) is 4.76. The number of carbonyl (C=O) groups excluding carboxylic acids is 1. The van der Waals surface area contributed by atoms with Crippen molar-refractivity contribution in [2.75, 3.05) is 18.0 Å². The van der Waals surface area contributed by atoms with Crippen LogP contribution in [0.2, 0.25) is 0 Å². The molecule has 0 aromatic heterocycles. The van der Waals surface area contributed by atoms with E-state index in [1.165, 1.54) is 24.6 Å². The van der Waals surface area contributed by atoms with Gasteiger partial charge >= 0.3 is 0 Å². The highest BCUT2D eigenvalue weighted by molar-refractivity contribution is 5.78. The normalized spacial score (nSPS) is 17.4. The van der Waals surface area contributed by atoms with Gasteiger partial charge < -0.3 is 10.2 Å². The minimum atomic E-state index is -0.335. The summed E-state index contributed by atoms with van der Waals surface area (Å²) in [5.74, 6) is 0.239. The van der Waals surface area contributed by atoms with Crippen LogP contribution in [0.4, 0.5) is 10.1 Å². The number of halogens is 1. The van der Waals surface area contributed by atoms with Crippen LogP contribution in [0.15, 0.2) is 48.5 Å². The van der Waals surface area contributed by atoms with Gasteiger partial charge in [0.1, 0.15) is 5.82 Å². The zero-order valence-corrected chi connectivity index (χ0v) is 14.7. The van der Waals surface area contributed by atoms with E-state index < -0.39 is 0 Å². The minimum Gasteiger partial charge on any atom is -0.371 e. The minimum absolute atomic E-state index is 0.0659. The predicted octanol–water partition coefficient (Wildman–Crippen LogP) is 3.92. The van der Waals surface area contributed by atoms with Crippen LogP contribution >= 0.6 is 0 Å². The van der Waals surface area contributed by atoms with Crippen LogP contribution in [0, 0.1) is 11.7 Å². The van der Waals surface area contributed by atoms with Gasteiger partial charge in [0, 0.05) is 25.3 Å². The van der Waals surface area contributed by atoms with Gasteiger partial charge in [0.05, 0.1) is 6.42 Å². The van der Waals surface area contributed by atoms with Gasteiger partial charge in [-0.15, -0.1) is 0 Å². The predicted molar refractivity (Wildman–Crippen MR) is 99.0 cm³/mol. The summed E-state index contributed by atoms with van der Waals surface area (Å²) < 4.78 is 13.6. The number of benzene rings is 2. The zero-order chi connectivity index (χ0) is 17.6. The van der Waals surface area contributed by atoms with E-state index in [0.717, 1.165) is 24.6 Å². The highest BCUT2D eigenvalue weighted by Gasteiger charge is 2.16. The second-order valence-electron chi connectivity index (χ2n) is 6.90. The molecular weight excluding hydrogens is 315 g/mol. The van der Waals surface area contributed by atoms with E-state index in [-0.39, 0.29) is 18.1 Å². The Labute approximate surface area is 148 Å². The maximum atomic E-state index is 13.6. The van der Waals surface area contributed by atoms with Crippen LogP contribution < -0.4 is 10.2 Å². The molecule has 1 aliphatic heterocycles. The Morgan fingerprint density at radius 2 is 1.96 bits per heavy atom. The fourth-order valence-corrected chi connectivity index (χ4v) is 3.33. The molecule has 25 heavy (non-hydrogen) atoms. The highest BCUT2D eigenvalue weighted by Crippen LogP contribution is 2.23. The summed E-state index contributed by atoms with van der Waals surface area (Å²) in [4.78, 5) is 14.4. The molecule has 3 rings (SSSR count). The van der Waals surface area contributed by atoms with Crippen molar-refractivity contribution in [3.05, 3.63) is 65.5 Å². The van der Waals surface area contributed by atoms with Gasteiger partial charge in [-0.2, -0.15) is 0 Å². The zero-order valence-electron chi connectivity index (χ0n) is 14.7. The molecule has 1 saturated heterocycles. The van der Waals surface area contributed by atoms with Crippen molar-refractivity contribution < 1.29 is 9.18 Å². The summed E-state index contributed by atoms with van der Waals surface area (Å²) >= 11 is 0. The number of rotatable bonds is 5.